The summed E-state index contributed by atoms with van der Waals surface area (Å²) in [5.74, 6) is -1.32. The average molecular weight is 445 g/mol. The minimum Gasteiger partial charge on any atom is -0.346 e. The number of hydrogen-bond donors (Lipinski definition) is 2. The Balaban J connectivity index is 2.07. The molecule has 0 spiro atoms. The molecule has 148 valence electrons. The fraction of sp³-hybridized carbons (Fsp3) is 0.222. The smallest absolute Gasteiger partial charge is 0.283 e. The molecule has 2 amide bonds. The first-order valence-corrected chi connectivity index (χ1v) is 9.14. The van der Waals surface area contributed by atoms with Gasteiger partial charge in [0.25, 0.3) is 11.6 Å². The first-order valence-electron chi connectivity index (χ1n) is 8.00. The molecule has 0 atom stereocenters. The van der Waals surface area contributed by atoms with Gasteiger partial charge in [0.05, 0.1) is 32.1 Å². The minimum atomic E-state index is -0.820. The van der Waals surface area contributed by atoms with Gasteiger partial charge in [-0.2, -0.15) is 0 Å². The molecule has 0 saturated carbocycles. The maximum Gasteiger partial charge on any atom is 0.283 e. The highest BCUT2D eigenvalue weighted by molar-refractivity contribution is 6.42. The van der Waals surface area contributed by atoms with Crippen LogP contribution in [0.4, 0.5) is 5.69 Å². The molecule has 0 aliphatic heterocycles. The number of nitrogens with zero attached hydrogens (tertiary/aromatic N) is 1. The number of carbonyl (C=O) groups excluding carboxylic acids is 2. The van der Waals surface area contributed by atoms with E-state index in [-0.39, 0.29) is 10.6 Å². The van der Waals surface area contributed by atoms with Gasteiger partial charge < -0.3 is 10.6 Å². The molecular weight excluding hydrogens is 429 g/mol. The number of rotatable bonds is 6. The third-order valence-electron chi connectivity index (χ3n) is 3.92. The zero-order chi connectivity index (χ0) is 21.1. The van der Waals surface area contributed by atoms with Crippen molar-refractivity contribution in [3.8, 4) is 0 Å². The van der Waals surface area contributed by atoms with Crippen LogP contribution in [-0.2, 0) is 10.3 Å². The summed E-state index contributed by atoms with van der Waals surface area (Å²) in [7, 11) is 0. The predicted octanol–water partition coefficient (Wildman–Crippen LogP) is 4.34. The average Bonchev–Trinajstić information content (AvgIpc) is 2.61. The van der Waals surface area contributed by atoms with Crippen molar-refractivity contribution in [2.75, 3.05) is 6.54 Å². The summed E-state index contributed by atoms with van der Waals surface area (Å²) in [6.45, 7) is 3.11. The second-order valence-corrected chi connectivity index (χ2v) is 7.60. The molecule has 2 rings (SSSR count). The molecular formula is C18H16Cl3N3O4. The van der Waals surface area contributed by atoms with Gasteiger partial charge in [-0.05, 0) is 37.6 Å². The predicted molar refractivity (Wildman–Crippen MR) is 108 cm³/mol. The number of nitro groups is 1. The summed E-state index contributed by atoms with van der Waals surface area (Å²) in [5, 5.41) is 16.8. The highest BCUT2D eigenvalue weighted by atomic mass is 35.5. The second-order valence-electron chi connectivity index (χ2n) is 6.38. The van der Waals surface area contributed by atoms with Gasteiger partial charge in [0, 0.05) is 6.07 Å². The number of nitrogens with one attached hydrogen (secondary N) is 2. The Labute approximate surface area is 176 Å². The molecule has 0 aliphatic carbocycles. The summed E-state index contributed by atoms with van der Waals surface area (Å²) in [6.07, 6.45) is 0. The van der Waals surface area contributed by atoms with Crippen LogP contribution in [0.2, 0.25) is 15.1 Å². The van der Waals surface area contributed by atoms with E-state index < -0.39 is 34.5 Å². The zero-order valence-corrected chi connectivity index (χ0v) is 17.2. The Bertz CT molecular complexity index is 948. The summed E-state index contributed by atoms with van der Waals surface area (Å²) in [6, 6.07) is 8.86. The Hall–Kier alpha value is -2.35. The van der Waals surface area contributed by atoms with Gasteiger partial charge in [-0.15, -0.1) is 0 Å². The lowest BCUT2D eigenvalue weighted by atomic mass is 9.94. The monoisotopic (exact) mass is 443 g/mol. The first kappa shape index (κ1) is 21.9. The molecule has 0 fully saturated rings. The van der Waals surface area contributed by atoms with Gasteiger partial charge in [0.2, 0.25) is 5.91 Å². The number of benzene rings is 2. The number of hydrogen-bond acceptors (Lipinski definition) is 4. The van der Waals surface area contributed by atoms with Crippen LogP contribution in [0, 0.1) is 10.1 Å². The first-order chi connectivity index (χ1) is 13.0. The Morgan fingerprint density at radius 2 is 1.75 bits per heavy atom. The largest absolute Gasteiger partial charge is 0.346 e. The lowest BCUT2D eigenvalue weighted by molar-refractivity contribution is -0.385. The normalized spacial score (nSPS) is 11.0. The maximum atomic E-state index is 12.3. The van der Waals surface area contributed by atoms with Crippen molar-refractivity contribution in [3.63, 3.8) is 0 Å². The summed E-state index contributed by atoms with van der Waals surface area (Å²) < 4.78 is 0. The lowest BCUT2D eigenvalue weighted by Crippen LogP contribution is -2.46. The van der Waals surface area contributed by atoms with Crippen LogP contribution in [0.3, 0.4) is 0 Å². The van der Waals surface area contributed by atoms with E-state index in [9.17, 15) is 19.7 Å². The number of halogens is 3. The Morgan fingerprint density at radius 1 is 1.07 bits per heavy atom. The second kappa shape index (κ2) is 8.77. The number of nitro benzene ring substituents is 1. The van der Waals surface area contributed by atoms with E-state index in [0.717, 1.165) is 6.07 Å². The molecule has 0 heterocycles. The third-order valence-corrected chi connectivity index (χ3v) is 4.97. The van der Waals surface area contributed by atoms with E-state index >= 15 is 0 Å². The SMILES string of the molecule is CC(C)(NC(=O)CNC(=O)c1c(Cl)cccc1[N+](=O)[O-])c1ccc(Cl)c(Cl)c1. The fourth-order valence-corrected chi connectivity index (χ4v) is 3.04. The van der Waals surface area contributed by atoms with Crippen molar-refractivity contribution in [1.82, 2.24) is 10.6 Å². The van der Waals surface area contributed by atoms with Crippen LogP contribution >= 0.6 is 34.8 Å². The van der Waals surface area contributed by atoms with E-state index in [1.54, 1.807) is 32.0 Å². The van der Waals surface area contributed by atoms with Crippen LogP contribution in [-0.4, -0.2) is 23.3 Å². The topological polar surface area (TPSA) is 101 Å². The van der Waals surface area contributed by atoms with Gasteiger partial charge in [0.1, 0.15) is 5.56 Å². The molecule has 28 heavy (non-hydrogen) atoms. The third kappa shape index (κ3) is 5.13. The van der Waals surface area contributed by atoms with E-state index in [0.29, 0.717) is 15.6 Å². The molecule has 2 N–H and O–H groups in total. The quantitative estimate of drug-likeness (QED) is 0.511. The van der Waals surface area contributed by atoms with Crippen LogP contribution < -0.4 is 10.6 Å². The van der Waals surface area contributed by atoms with Crippen molar-refractivity contribution >= 4 is 52.3 Å². The fourth-order valence-electron chi connectivity index (χ4n) is 2.49. The van der Waals surface area contributed by atoms with Gasteiger partial charge in [0.15, 0.2) is 0 Å². The summed E-state index contributed by atoms with van der Waals surface area (Å²) >= 11 is 17.8. The molecule has 0 radical (unpaired) electrons. The Kier molecular flexibility index (Phi) is 6.87. The molecule has 0 aromatic heterocycles. The van der Waals surface area contributed by atoms with Crippen molar-refractivity contribution in [2.24, 2.45) is 0 Å². The van der Waals surface area contributed by atoms with E-state index in [1.807, 2.05) is 0 Å². The maximum absolute atomic E-state index is 12.3. The van der Waals surface area contributed by atoms with E-state index in [2.05, 4.69) is 10.6 Å². The molecule has 0 aliphatic rings. The van der Waals surface area contributed by atoms with E-state index in [4.69, 9.17) is 34.8 Å². The highest BCUT2D eigenvalue weighted by Gasteiger charge is 2.26. The molecule has 0 unspecified atom stereocenters. The van der Waals surface area contributed by atoms with Crippen molar-refractivity contribution in [1.29, 1.82) is 0 Å². The molecule has 0 bridgehead atoms. The summed E-state index contributed by atoms with van der Waals surface area (Å²) in [4.78, 5) is 34.9. The zero-order valence-electron chi connectivity index (χ0n) is 14.9. The minimum absolute atomic E-state index is 0.0803. The van der Waals surface area contributed by atoms with Crippen LogP contribution in [0.25, 0.3) is 0 Å². The standard InChI is InChI=1S/C18H16Cl3N3O4/c1-18(2,10-6-7-11(19)13(21)8-10)23-15(25)9-22-17(26)16-12(20)4-3-5-14(16)24(27)28/h3-8H,9H2,1-2H3,(H,22,26)(H,23,25). The van der Waals surface area contributed by atoms with Crippen LogP contribution in [0.15, 0.2) is 36.4 Å². The number of amides is 2. The summed E-state index contributed by atoms with van der Waals surface area (Å²) in [5.41, 5.74) is -0.831. The van der Waals surface area contributed by atoms with Crippen molar-refractivity contribution in [2.45, 2.75) is 19.4 Å². The molecule has 2 aromatic rings. The molecule has 7 nitrogen and oxygen atoms in total. The van der Waals surface area contributed by atoms with Crippen molar-refractivity contribution in [3.05, 3.63) is 72.7 Å². The molecule has 2 aromatic carbocycles. The number of carbonyl (C=O) groups is 2. The van der Waals surface area contributed by atoms with Gasteiger partial charge in [-0.25, -0.2) is 0 Å². The van der Waals surface area contributed by atoms with Crippen LogP contribution in [0.1, 0.15) is 29.8 Å². The molecule has 10 heteroatoms. The van der Waals surface area contributed by atoms with Gasteiger partial charge in [-0.3, -0.25) is 19.7 Å². The molecule has 0 saturated heterocycles. The van der Waals surface area contributed by atoms with Gasteiger partial charge >= 0.3 is 0 Å². The Morgan fingerprint density at radius 3 is 2.36 bits per heavy atom. The van der Waals surface area contributed by atoms with Gasteiger partial charge in [-0.1, -0.05) is 46.9 Å². The van der Waals surface area contributed by atoms with E-state index in [1.165, 1.54) is 12.1 Å². The van der Waals surface area contributed by atoms with Crippen molar-refractivity contribution < 1.29 is 14.5 Å². The highest BCUT2D eigenvalue weighted by Crippen LogP contribution is 2.28. The van der Waals surface area contributed by atoms with Crippen LogP contribution in [0.5, 0.6) is 0 Å². The lowest BCUT2D eigenvalue weighted by Gasteiger charge is -2.27.